The van der Waals surface area contributed by atoms with Crippen molar-refractivity contribution in [2.45, 2.75) is 5.54 Å². The Balaban J connectivity index is 1.89. The second-order valence-electron chi connectivity index (χ2n) is 7.19. The fraction of sp³-hybridized carbons (Fsp3) is 0.0435. The first kappa shape index (κ1) is 19.9. The summed E-state index contributed by atoms with van der Waals surface area (Å²) in [6, 6.07) is 18.4. The van der Waals surface area contributed by atoms with E-state index in [9.17, 15) is 14.7 Å². The first-order chi connectivity index (χ1) is 14.9. The maximum Gasteiger partial charge on any atom is 0.295 e. The summed E-state index contributed by atoms with van der Waals surface area (Å²) in [5.74, 6) is -1.77. The molecule has 0 fully saturated rings. The maximum atomic E-state index is 13.7. The largest absolute Gasteiger partial charge is 0.503 e. The lowest BCUT2D eigenvalue weighted by atomic mass is 9.80. The van der Waals surface area contributed by atoms with Crippen LogP contribution in [-0.2, 0) is 15.1 Å². The number of anilines is 2. The van der Waals surface area contributed by atoms with Gasteiger partial charge in [0.15, 0.2) is 11.3 Å². The van der Waals surface area contributed by atoms with E-state index in [0.717, 1.165) is 0 Å². The van der Waals surface area contributed by atoms with Crippen LogP contribution in [-0.4, -0.2) is 16.9 Å². The van der Waals surface area contributed by atoms with Gasteiger partial charge < -0.3 is 10.4 Å². The predicted molar refractivity (Wildman–Crippen MR) is 122 cm³/mol. The van der Waals surface area contributed by atoms with E-state index in [1.807, 2.05) is 0 Å². The molecule has 31 heavy (non-hydrogen) atoms. The Bertz CT molecular complexity index is 1310. The van der Waals surface area contributed by atoms with Gasteiger partial charge >= 0.3 is 0 Å². The van der Waals surface area contributed by atoms with Gasteiger partial charge in [-0.1, -0.05) is 71.2 Å². The van der Waals surface area contributed by atoms with E-state index in [-0.39, 0.29) is 15.6 Å². The standard InChI is InChI=1S/C23H13Cl3N2O3/c24-13-7-4-8-14(9-13)28-21(30)20(29)19(12-5-2-1-3-6-12)23(28)15-10-16(25)17(26)11-18(15)27-22(23)31/h1-11,29H,(H,27,31). The number of hydrogen-bond acceptors (Lipinski definition) is 3. The van der Waals surface area contributed by atoms with Crippen LogP contribution >= 0.6 is 34.8 Å². The Hall–Kier alpha value is -2.99. The van der Waals surface area contributed by atoms with Crippen LogP contribution in [0.25, 0.3) is 5.57 Å². The summed E-state index contributed by atoms with van der Waals surface area (Å²) in [7, 11) is 0. The van der Waals surface area contributed by atoms with Gasteiger partial charge in [-0.3, -0.25) is 14.5 Å². The Labute approximate surface area is 192 Å². The van der Waals surface area contributed by atoms with Crippen molar-refractivity contribution < 1.29 is 14.7 Å². The highest BCUT2D eigenvalue weighted by atomic mass is 35.5. The average molecular weight is 472 g/mol. The fourth-order valence-corrected chi connectivity index (χ4v) is 4.79. The van der Waals surface area contributed by atoms with E-state index < -0.39 is 23.1 Å². The molecule has 2 aliphatic rings. The number of nitrogens with zero attached hydrogens (tertiary/aromatic N) is 1. The summed E-state index contributed by atoms with van der Waals surface area (Å²) in [6.07, 6.45) is 0. The summed E-state index contributed by atoms with van der Waals surface area (Å²) in [6.45, 7) is 0. The van der Waals surface area contributed by atoms with Crippen molar-refractivity contribution in [2.24, 2.45) is 0 Å². The lowest BCUT2D eigenvalue weighted by molar-refractivity contribution is -0.123. The van der Waals surface area contributed by atoms with E-state index in [1.165, 1.54) is 11.0 Å². The molecule has 5 rings (SSSR count). The zero-order valence-corrected chi connectivity index (χ0v) is 18.0. The molecule has 0 aromatic heterocycles. The van der Waals surface area contributed by atoms with Crippen molar-refractivity contribution in [3.05, 3.63) is 98.7 Å². The van der Waals surface area contributed by atoms with Crippen molar-refractivity contribution in [3.63, 3.8) is 0 Å². The third kappa shape index (κ3) is 2.71. The molecule has 0 saturated heterocycles. The van der Waals surface area contributed by atoms with Crippen LogP contribution in [0.4, 0.5) is 11.4 Å². The molecule has 2 amide bonds. The van der Waals surface area contributed by atoms with E-state index in [2.05, 4.69) is 5.32 Å². The number of rotatable bonds is 2. The van der Waals surface area contributed by atoms with E-state index in [1.54, 1.807) is 60.7 Å². The Morgan fingerprint density at radius 1 is 0.871 bits per heavy atom. The fourth-order valence-electron chi connectivity index (χ4n) is 4.28. The number of benzene rings is 3. The SMILES string of the molecule is O=C1C(O)=C(c2ccccc2)C2(C(=O)Nc3cc(Cl)c(Cl)cc32)N1c1cccc(Cl)c1. The molecular formula is C23H13Cl3N2O3. The molecular weight excluding hydrogens is 459 g/mol. The van der Waals surface area contributed by atoms with Gasteiger partial charge in [0.1, 0.15) is 0 Å². The van der Waals surface area contributed by atoms with Gasteiger partial charge in [-0.15, -0.1) is 0 Å². The monoisotopic (exact) mass is 470 g/mol. The number of amides is 2. The number of carbonyl (C=O) groups excluding carboxylic acids is 2. The molecule has 154 valence electrons. The van der Waals surface area contributed by atoms with Gasteiger partial charge in [-0.2, -0.15) is 0 Å². The van der Waals surface area contributed by atoms with Crippen LogP contribution in [0.15, 0.2) is 72.5 Å². The number of halogens is 3. The van der Waals surface area contributed by atoms with Gasteiger partial charge in [-0.05, 0) is 35.9 Å². The van der Waals surface area contributed by atoms with E-state index in [0.29, 0.717) is 27.5 Å². The van der Waals surface area contributed by atoms with Gasteiger partial charge in [0.25, 0.3) is 11.8 Å². The zero-order chi connectivity index (χ0) is 21.9. The summed E-state index contributed by atoms with van der Waals surface area (Å²) in [5.41, 5.74) is 0.144. The lowest BCUT2D eigenvalue weighted by Crippen LogP contribution is -2.50. The van der Waals surface area contributed by atoms with Gasteiger partial charge in [0.2, 0.25) is 0 Å². The lowest BCUT2D eigenvalue weighted by Gasteiger charge is -2.35. The minimum atomic E-state index is -1.70. The molecule has 8 heteroatoms. The summed E-state index contributed by atoms with van der Waals surface area (Å²) in [4.78, 5) is 28.3. The topological polar surface area (TPSA) is 69.6 Å². The molecule has 1 unspecified atom stereocenters. The molecule has 0 radical (unpaired) electrons. The van der Waals surface area contributed by atoms with Crippen molar-refractivity contribution in [1.29, 1.82) is 0 Å². The van der Waals surface area contributed by atoms with Crippen molar-refractivity contribution in [2.75, 3.05) is 10.2 Å². The van der Waals surface area contributed by atoms with Crippen LogP contribution in [0.3, 0.4) is 0 Å². The van der Waals surface area contributed by atoms with Crippen LogP contribution in [0.2, 0.25) is 15.1 Å². The molecule has 1 spiro atoms. The highest BCUT2D eigenvalue weighted by molar-refractivity contribution is 6.43. The van der Waals surface area contributed by atoms with Crippen molar-refractivity contribution in [3.8, 4) is 0 Å². The molecule has 0 saturated carbocycles. The molecule has 5 nitrogen and oxygen atoms in total. The number of fused-ring (bicyclic) bond motifs is 2. The smallest absolute Gasteiger partial charge is 0.295 e. The molecule has 2 aliphatic heterocycles. The predicted octanol–water partition coefficient (Wildman–Crippen LogP) is 5.81. The summed E-state index contributed by atoms with van der Waals surface area (Å²) in [5, 5.41) is 14.7. The molecule has 0 bridgehead atoms. The minimum Gasteiger partial charge on any atom is -0.503 e. The second-order valence-corrected chi connectivity index (χ2v) is 8.44. The first-order valence-electron chi connectivity index (χ1n) is 9.26. The number of nitrogens with one attached hydrogen (secondary N) is 1. The number of aliphatic hydroxyl groups excluding tert-OH is 1. The number of aliphatic hydroxyl groups is 1. The molecule has 1 atom stereocenters. The normalized spacial score (nSPS) is 19.9. The first-order valence-corrected chi connectivity index (χ1v) is 10.4. The van der Waals surface area contributed by atoms with Crippen molar-refractivity contribution in [1.82, 2.24) is 0 Å². The highest BCUT2D eigenvalue weighted by Crippen LogP contribution is 2.56. The van der Waals surface area contributed by atoms with Gasteiger partial charge in [0, 0.05) is 27.5 Å². The molecule has 3 aromatic rings. The minimum absolute atomic E-state index is 0.160. The molecule has 0 aliphatic carbocycles. The average Bonchev–Trinajstić information content (AvgIpc) is 3.14. The quantitative estimate of drug-likeness (QED) is 0.495. The Morgan fingerprint density at radius 2 is 1.58 bits per heavy atom. The van der Waals surface area contributed by atoms with Crippen LogP contribution < -0.4 is 10.2 Å². The number of hydrogen-bond donors (Lipinski definition) is 2. The summed E-state index contributed by atoms with van der Waals surface area (Å²) >= 11 is 18.7. The molecule has 3 aromatic carbocycles. The van der Waals surface area contributed by atoms with Crippen LogP contribution in [0, 0.1) is 0 Å². The second kappa shape index (κ2) is 7.02. The number of carbonyl (C=O) groups is 2. The molecule has 2 N–H and O–H groups in total. The van der Waals surface area contributed by atoms with Crippen LogP contribution in [0.1, 0.15) is 11.1 Å². The van der Waals surface area contributed by atoms with Crippen LogP contribution in [0.5, 0.6) is 0 Å². The Morgan fingerprint density at radius 3 is 2.29 bits per heavy atom. The zero-order valence-electron chi connectivity index (χ0n) is 15.7. The molecule has 2 heterocycles. The third-order valence-electron chi connectivity index (χ3n) is 5.50. The third-order valence-corrected chi connectivity index (χ3v) is 6.45. The van der Waals surface area contributed by atoms with Crippen molar-refractivity contribution >= 4 is 63.6 Å². The summed E-state index contributed by atoms with van der Waals surface area (Å²) < 4.78 is 0. The van der Waals surface area contributed by atoms with E-state index in [4.69, 9.17) is 34.8 Å². The Kier molecular flexibility index (Phi) is 4.52. The maximum absolute atomic E-state index is 13.7. The highest BCUT2D eigenvalue weighted by Gasteiger charge is 2.63. The van der Waals surface area contributed by atoms with Gasteiger partial charge in [-0.25, -0.2) is 0 Å². The van der Waals surface area contributed by atoms with E-state index >= 15 is 0 Å². The van der Waals surface area contributed by atoms with Gasteiger partial charge in [0.05, 0.1) is 10.0 Å².